The molecule has 0 amide bonds. The fourth-order valence-corrected chi connectivity index (χ4v) is 5.82. The molecule has 0 spiro atoms. The van der Waals surface area contributed by atoms with Gasteiger partial charge in [-0.25, -0.2) is 8.42 Å². The summed E-state index contributed by atoms with van der Waals surface area (Å²) in [5.74, 6) is 0.350. The standard InChI is InChI=1S/C30H34O4S/c1-21(12-11-13-22(2)20-35(32,33)26-14-7-6-8-15-26)18-19-27-23(3)28-16-9-10-17-29(28)30(24(27)4)34-25(5)31/h6-10,13-18H,11-12,19-20H2,1-5H3/b21-18+,22-13+. The maximum atomic E-state index is 12.6. The Hall–Kier alpha value is -3.18. The van der Waals surface area contributed by atoms with Crippen LogP contribution < -0.4 is 4.74 Å². The molecule has 4 nitrogen and oxygen atoms in total. The molecule has 3 aromatic carbocycles. The smallest absolute Gasteiger partial charge is 0.308 e. The molecule has 0 aliphatic rings. The van der Waals surface area contributed by atoms with Crippen molar-refractivity contribution in [2.24, 2.45) is 0 Å². The summed E-state index contributed by atoms with van der Waals surface area (Å²) in [6.07, 6.45) is 6.61. The quantitative estimate of drug-likeness (QED) is 0.183. The summed E-state index contributed by atoms with van der Waals surface area (Å²) < 4.78 is 30.7. The third-order valence-electron chi connectivity index (χ3n) is 6.27. The topological polar surface area (TPSA) is 60.4 Å². The Morgan fingerprint density at radius 2 is 1.46 bits per heavy atom. The lowest BCUT2D eigenvalue weighted by Gasteiger charge is -2.17. The number of hydrogen-bond acceptors (Lipinski definition) is 4. The van der Waals surface area contributed by atoms with Crippen molar-refractivity contribution in [1.29, 1.82) is 0 Å². The van der Waals surface area contributed by atoms with Crippen LogP contribution in [0.2, 0.25) is 0 Å². The van der Waals surface area contributed by atoms with Crippen LogP contribution in [-0.2, 0) is 21.1 Å². The van der Waals surface area contributed by atoms with Crippen LogP contribution in [0.15, 0.2) is 82.8 Å². The number of fused-ring (bicyclic) bond motifs is 1. The van der Waals surface area contributed by atoms with Gasteiger partial charge in [0.25, 0.3) is 0 Å². The van der Waals surface area contributed by atoms with Crippen molar-refractivity contribution >= 4 is 26.6 Å². The second kappa shape index (κ2) is 11.5. The van der Waals surface area contributed by atoms with E-state index in [0.29, 0.717) is 10.6 Å². The van der Waals surface area contributed by atoms with Crippen molar-refractivity contribution in [3.05, 3.63) is 94.6 Å². The molecule has 3 aromatic rings. The average molecular weight is 491 g/mol. The van der Waals surface area contributed by atoms with Crippen molar-refractivity contribution in [1.82, 2.24) is 0 Å². The molecule has 0 fully saturated rings. The first kappa shape index (κ1) is 26.4. The Labute approximate surface area is 209 Å². The Kier molecular flexibility index (Phi) is 8.68. The summed E-state index contributed by atoms with van der Waals surface area (Å²) in [5.41, 5.74) is 5.44. The van der Waals surface area contributed by atoms with E-state index in [0.717, 1.165) is 41.2 Å². The van der Waals surface area contributed by atoms with Gasteiger partial charge in [0.1, 0.15) is 5.75 Å². The summed E-state index contributed by atoms with van der Waals surface area (Å²) >= 11 is 0. The largest absolute Gasteiger partial charge is 0.426 e. The van der Waals surface area contributed by atoms with Crippen molar-refractivity contribution in [3.63, 3.8) is 0 Å². The molecule has 0 aliphatic heterocycles. The Morgan fingerprint density at radius 3 is 2.11 bits per heavy atom. The lowest BCUT2D eigenvalue weighted by atomic mass is 9.92. The van der Waals surface area contributed by atoms with Gasteiger partial charge < -0.3 is 4.74 Å². The van der Waals surface area contributed by atoms with Gasteiger partial charge in [-0.1, -0.05) is 65.8 Å². The number of aryl methyl sites for hydroxylation is 1. The molecule has 0 unspecified atom stereocenters. The van der Waals surface area contributed by atoms with E-state index in [4.69, 9.17) is 4.74 Å². The average Bonchev–Trinajstić information content (AvgIpc) is 2.82. The molecular formula is C30H34O4S. The molecule has 0 saturated carbocycles. The van der Waals surface area contributed by atoms with E-state index in [1.807, 2.05) is 44.2 Å². The minimum atomic E-state index is -3.32. The number of ether oxygens (including phenoxy) is 1. The predicted octanol–water partition coefficient (Wildman–Crippen LogP) is 7.07. The van der Waals surface area contributed by atoms with Crippen molar-refractivity contribution in [2.75, 3.05) is 5.75 Å². The van der Waals surface area contributed by atoms with Crippen molar-refractivity contribution in [2.45, 2.75) is 58.8 Å². The number of hydrogen-bond donors (Lipinski definition) is 0. The first-order chi connectivity index (χ1) is 16.6. The van der Waals surface area contributed by atoms with Crippen LogP contribution in [0.5, 0.6) is 5.75 Å². The molecule has 0 aliphatic carbocycles. The molecule has 35 heavy (non-hydrogen) atoms. The van der Waals surface area contributed by atoms with Crippen molar-refractivity contribution < 1.29 is 17.9 Å². The molecule has 0 saturated heterocycles. The number of rotatable bonds is 9. The summed E-state index contributed by atoms with van der Waals surface area (Å²) in [4.78, 5) is 12.1. The highest BCUT2D eigenvalue weighted by Gasteiger charge is 2.16. The number of carbonyl (C=O) groups excluding carboxylic acids is 1. The van der Waals surface area contributed by atoms with E-state index >= 15 is 0 Å². The molecule has 0 radical (unpaired) electrons. The molecule has 5 heteroatoms. The van der Waals surface area contributed by atoms with Crippen LogP contribution in [0.4, 0.5) is 0 Å². The predicted molar refractivity (Wildman–Crippen MR) is 144 cm³/mol. The highest BCUT2D eigenvalue weighted by atomic mass is 32.2. The molecule has 0 N–H and O–H groups in total. The first-order valence-electron chi connectivity index (χ1n) is 11.9. The zero-order chi connectivity index (χ0) is 25.6. The maximum absolute atomic E-state index is 12.6. The highest BCUT2D eigenvalue weighted by Crippen LogP contribution is 2.36. The second-order valence-corrected chi connectivity index (χ2v) is 11.1. The van der Waals surface area contributed by atoms with E-state index < -0.39 is 9.84 Å². The Balaban J connectivity index is 1.71. The normalized spacial score (nSPS) is 12.7. The van der Waals surface area contributed by atoms with Gasteiger partial charge in [0, 0.05) is 12.3 Å². The molecule has 0 atom stereocenters. The van der Waals surface area contributed by atoms with Gasteiger partial charge in [-0.2, -0.15) is 0 Å². The van der Waals surface area contributed by atoms with Crippen LogP contribution in [0.25, 0.3) is 10.8 Å². The zero-order valence-electron chi connectivity index (χ0n) is 21.2. The molecule has 0 bridgehead atoms. The van der Waals surface area contributed by atoms with Gasteiger partial charge >= 0.3 is 5.97 Å². The number of esters is 1. The van der Waals surface area contributed by atoms with Gasteiger partial charge in [0.05, 0.1) is 10.6 Å². The van der Waals surface area contributed by atoms with Gasteiger partial charge in [0.2, 0.25) is 0 Å². The fourth-order valence-electron chi connectivity index (χ4n) is 4.37. The van der Waals surface area contributed by atoms with E-state index in [1.165, 1.54) is 23.6 Å². The third-order valence-corrected chi connectivity index (χ3v) is 8.10. The van der Waals surface area contributed by atoms with E-state index in [1.54, 1.807) is 24.3 Å². The molecule has 184 valence electrons. The summed E-state index contributed by atoms with van der Waals surface area (Å²) in [5, 5.41) is 2.04. The molecular weight excluding hydrogens is 456 g/mol. The number of benzene rings is 3. The van der Waals surface area contributed by atoms with E-state index in [-0.39, 0.29) is 11.7 Å². The molecule has 0 aromatic heterocycles. The SMILES string of the molecule is CC(=O)Oc1c(C)c(C/C=C(\C)CC/C=C(\C)CS(=O)(=O)c2ccccc2)c(C)c2ccccc12. The summed E-state index contributed by atoms with van der Waals surface area (Å²) in [6, 6.07) is 16.6. The van der Waals surface area contributed by atoms with E-state index in [9.17, 15) is 13.2 Å². The lowest BCUT2D eigenvalue weighted by molar-refractivity contribution is -0.131. The minimum absolute atomic E-state index is 0.0359. The van der Waals surface area contributed by atoms with Crippen LogP contribution in [0.3, 0.4) is 0 Å². The Bertz CT molecular complexity index is 1380. The number of sulfone groups is 1. The fraction of sp³-hybridized carbons (Fsp3) is 0.300. The Morgan fingerprint density at radius 1 is 0.829 bits per heavy atom. The third kappa shape index (κ3) is 6.70. The number of allylic oxidation sites excluding steroid dienone is 3. The van der Waals surface area contributed by atoms with Gasteiger partial charge in [0.15, 0.2) is 9.84 Å². The summed E-state index contributed by atoms with van der Waals surface area (Å²) in [7, 11) is -3.32. The van der Waals surface area contributed by atoms with Crippen LogP contribution in [-0.4, -0.2) is 20.1 Å². The maximum Gasteiger partial charge on any atom is 0.308 e. The molecule has 0 heterocycles. The van der Waals surface area contributed by atoms with Crippen LogP contribution >= 0.6 is 0 Å². The monoisotopic (exact) mass is 490 g/mol. The highest BCUT2D eigenvalue weighted by molar-refractivity contribution is 7.91. The van der Waals surface area contributed by atoms with Gasteiger partial charge in [-0.05, 0) is 81.2 Å². The van der Waals surface area contributed by atoms with Crippen LogP contribution in [0, 0.1) is 13.8 Å². The van der Waals surface area contributed by atoms with Gasteiger partial charge in [-0.3, -0.25) is 4.79 Å². The zero-order valence-corrected chi connectivity index (χ0v) is 22.0. The molecule has 3 rings (SSSR count). The van der Waals surface area contributed by atoms with Crippen LogP contribution in [0.1, 0.15) is 50.3 Å². The minimum Gasteiger partial charge on any atom is -0.426 e. The lowest BCUT2D eigenvalue weighted by Crippen LogP contribution is -2.07. The number of carbonyl (C=O) groups is 1. The first-order valence-corrected chi connectivity index (χ1v) is 13.5. The van der Waals surface area contributed by atoms with Gasteiger partial charge in [-0.15, -0.1) is 0 Å². The van der Waals surface area contributed by atoms with Crippen molar-refractivity contribution in [3.8, 4) is 5.75 Å². The second-order valence-electron chi connectivity index (χ2n) is 9.11. The summed E-state index contributed by atoms with van der Waals surface area (Å²) in [6.45, 7) is 9.53. The van der Waals surface area contributed by atoms with E-state index in [2.05, 4.69) is 26.0 Å².